The summed E-state index contributed by atoms with van der Waals surface area (Å²) in [6.45, 7) is 0.545. The Morgan fingerprint density at radius 3 is 2.54 bits per heavy atom. The quantitative estimate of drug-likeness (QED) is 0.578. The lowest BCUT2D eigenvalue weighted by Crippen LogP contribution is -2.47. The van der Waals surface area contributed by atoms with Crippen LogP contribution in [0.15, 0.2) is 48.5 Å². The number of piperidine rings is 1. The van der Waals surface area contributed by atoms with Crippen LogP contribution >= 0.6 is 11.6 Å². The van der Waals surface area contributed by atoms with Crippen LogP contribution in [0.5, 0.6) is 0 Å². The van der Waals surface area contributed by atoms with Crippen molar-refractivity contribution in [3.05, 3.63) is 76.3 Å². The maximum absolute atomic E-state index is 13.3. The molecule has 0 radical (unpaired) electrons. The average molecular weight is 499 g/mol. The minimum atomic E-state index is -0.659. The molecule has 182 valence electrons. The van der Waals surface area contributed by atoms with Gasteiger partial charge in [-0.3, -0.25) is 9.59 Å². The molecule has 2 heterocycles. The Morgan fingerprint density at radius 1 is 1.17 bits per heavy atom. The second-order valence-electron chi connectivity index (χ2n) is 8.38. The van der Waals surface area contributed by atoms with E-state index >= 15 is 0 Å². The van der Waals surface area contributed by atoms with Gasteiger partial charge < -0.3 is 15.1 Å². The van der Waals surface area contributed by atoms with Crippen molar-refractivity contribution in [3.8, 4) is 0 Å². The summed E-state index contributed by atoms with van der Waals surface area (Å²) in [4.78, 5) is 45.8. The summed E-state index contributed by atoms with van der Waals surface area (Å²) in [5, 5.41) is 7.68. The summed E-state index contributed by atoms with van der Waals surface area (Å²) in [5.74, 6) is -1.41. The fraction of sp³-hybridized carbons (Fsp3) is 0.292. The number of rotatable bonds is 5. The lowest BCUT2D eigenvalue weighted by Gasteiger charge is -2.31. The van der Waals surface area contributed by atoms with E-state index in [1.165, 1.54) is 21.9 Å². The molecule has 1 aliphatic rings. The van der Waals surface area contributed by atoms with Gasteiger partial charge in [0.2, 0.25) is 5.95 Å². The molecule has 1 saturated heterocycles. The number of likely N-dealkylation sites (tertiary alicyclic amines) is 1. The standard InChI is InChI=1S/C24H24ClFN6O3/c1-30(2)24(35)31-12-11-18(20(33)14-31)21-28-23(27-13-15-7-9-16(26)10-8-15)32(29-21)22(34)17-5-3-4-6-19(17)25/h3-10,18H,11-14H2,1-2H3,(H,27,28,29). The Kier molecular flexibility index (Phi) is 7.11. The molecule has 3 aromatic rings. The highest BCUT2D eigenvalue weighted by Crippen LogP contribution is 2.26. The highest BCUT2D eigenvalue weighted by molar-refractivity contribution is 6.33. The predicted octanol–water partition coefficient (Wildman–Crippen LogP) is 3.41. The van der Waals surface area contributed by atoms with E-state index in [0.29, 0.717) is 13.0 Å². The van der Waals surface area contributed by atoms with Gasteiger partial charge in [0.1, 0.15) is 5.82 Å². The average Bonchev–Trinajstić information content (AvgIpc) is 3.27. The van der Waals surface area contributed by atoms with E-state index in [4.69, 9.17) is 11.6 Å². The molecule has 1 aromatic heterocycles. The zero-order chi connectivity index (χ0) is 25.1. The summed E-state index contributed by atoms with van der Waals surface area (Å²) < 4.78 is 14.3. The molecule has 2 amide bonds. The number of hydrogen-bond donors (Lipinski definition) is 1. The number of hydrogen-bond acceptors (Lipinski definition) is 6. The molecule has 0 saturated carbocycles. The summed E-state index contributed by atoms with van der Waals surface area (Å²) >= 11 is 6.23. The topological polar surface area (TPSA) is 100 Å². The molecule has 9 nitrogen and oxygen atoms in total. The van der Waals surface area contributed by atoms with Gasteiger partial charge in [0, 0.05) is 27.2 Å². The van der Waals surface area contributed by atoms with Gasteiger partial charge in [0.15, 0.2) is 11.6 Å². The number of urea groups is 1. The summed E-state index contributed by atoms with van der Waals surface area (Å²) in [5.41, 5.74) is 0.993. The van der Waals surface area contributed by atoms with E-state index in [9.17, 15) is 18.8 Å². The van der Waals surface area contributed by atoms with E-state index in [-0.39, 0.29) is 53.1 Å². The van der Waals surface area contributed by atoms with E-state index in [0.717, 1.165) is 10.2 Å². The van der Waals surface area contributed by atoms with Crippen LogP contribution in [0.25, 0.3) is 0 Å². The van der Waals surface area contributed by atoms with Crippen molar-refractivity contribution in [1.82, 2.24) is 24.6 Å². The van der Waals surface area contributed by atoms with Crippen molar-refractivity contribution in [1.29, 1.82) is 0 Å². The fourth-order valence-electron chi connectivity index (χ4n) is 3.81. The Morgan fingerprint density at radius 2 is 1.89 bits per heavy atom. The van der Waals surface area contributed by atoms with Gasteiger partial charge in [-0.15, -0.1) is 5.10 Å². The maximum Gasteiger partial charge on any atom is 0.319 e. The Hall–Kier alpha value is -3.79. The highest BCUT2D eigenvalue weighted by Gasteiger charge is 2.35. The fourth-order valence-corrected chi connectivity index (χ4v) is 4.02. The van der Waals surface area contributed by atoms with Crippen LogP contribution < -0.4 is 5.32 Å². The van der Waals surface area contributed by atoms with Gasteiger partial charge in [-0.05, 0) is 36.2 Å². The molecule has 1 atom stereocenters. The van der Waals surface area contributed by atoms with Crippen LogP contribution in [0.4, 0.5) is 15.1 Å². The van der Waals surface area contributed by atoms with E-state index < -0.39 is 11.8 Å². The van der Waals surface area contributed by atoms with Crippen molar-refractivity contribution < 1.29 is 18.8 Å². The molecule has 1 fully saturated rings. The third kappa shape index (κ3) is 5.32. The maximum atomic E-state index is 13.3. The summed E-state index contributed by atoms with van der Waals surface area (Å²) in [6.07, 6.45) is 0.333. The molecule has 0 bridgehead atoms. The number of benzene rings is 2. The van der Waals surface area contributed by atoms with Gasteiger partial charge in [-0.1, -0.05) is 35.9 Å². The van der Waals surface area contributed by atoms with Crippen molar-refractivity contribution >= 4 is 35.3 Å². The zero-order valence-electron chi connectivity index (χ0n) is 19.2. The molecule has 11 heteroatoms. The monoisotopic (exact) mass is 498 g/mol. The van der Waals surface area contributed by atoms with Crippen LogP contribution in [-0.4, -0.2) is 69.5 Å². The van der Waals surface area contributed by atoms with Gasteiger partial charge in [0.25, 0.3) is 5.91 Å². The molecule has 1 aliphatic heterocycles. The minimum absolute atomic E-state index is 0.0625. The number of nitrogens with zero attached hydrogens (tertiary/aromatic N) is 5. The van der Waals surface area contributed by atoms with Gasteiger partial charge in [0.05, 0.1) is 23.0 Å². The van der Waals surface area contributed by atoms with E-state index in [2.05, 4.69) is 15.4 Å². The minimum Gasteiger partial charge on any atom is -0.350 e. The Balaban J connectivity index is 1.62. The van der Waals surface area contributed by atoms with Crippen LogP contribution in [0.3, 0.4) is 0 Å². The third-order valence-electron chi connectivity index (χ3n) is 5.67. The largest absolute Gasteiger partial charge is 0.350 e. The second kappa shape index (κ2) is 10.2. The smallest absolute Gasteiger partial charge is 0.319 e. The first kappa shape index (κ1) is 24.3. The second-order valence-corrected chi connectivity index (χ2v) is 8.78. The Bertz CT molecular complexity index is 1260. The van der Waals surface area contributed by atoms with Crippen LogP contribution in [0.1, 0.15) is 34.1 Å². The van der Waals surface area contributed by atoms with Crippen molar-refractivity contribution in [2.24, 2.45) is 0 Å². The lowest BCUT2D eigenvalue weighted by molar-refractivity contribution is -0.123. The van der Waals surface area contributed by atoms with Crippen LogP contribution in [0, 0.1) is 5.82 Å². The number of carbonyl (C=O) groups is 3. The Labute approximate surface area is 206 Å². The number of amides is 2. The molecule has 0 spiro atoms. The number of carbonyl (C=O) groups excluding carboxylic acids is 3. The number of ketones is 1. The SMILES string of the molecule is CN(C)C(=O)N1CCC(c2nc(NCc3ccc(F)cc3)n(C(=O)c3ccccc3Cl)n2)C(=O)C1. The summed E-state index contributed by atoms with van der Waals surface area (Å²) in [7, 11) is 3.25. The summed E-state index contributed by atoms with van der Waals surface area (Å²) in [6, 6.07) is 12.2. The molecule has 35 heavy (non-hydrogen) atoms. The molecule has 1 N–H and O–H groups in total. The number of nitrogens with one attached hydrogen (secondary N) is 1. The number of aromatic nitrogens is 3. The zero-order valence-corrected chi connectivity index (χ0v) is 20.0. The van der Waals surface area contributed by atoms with Gasteiger partial charge >= 0.3 is 6.03 Å². The van der Waals surface area contributed by atoms with Gasteiger partial charge in [-0.2, -0.15) is 9.67 Å². The van der Waals surface area contributed by atoms with Crippen molar-refractivity contribution in [2.45, 2.75) is 18.9 Å². The van der Waals surface area contributed by atoms with E-state index in [1.54, 1.807) is 50.5 Å². The lowest BCUT2D eigenvalue weighted by atomic mass is 9.95. The number of Topliss-reactive ketones (excluding diaryl/α,β-unsaturated/α-hetero) is 1. The van der Waals surface area contributed by atoms with E-state index in [1.807, 2.05) is 0 Å². The van der Waals surface area contributed by atoms with Crippen molar-refractivity contribution in [2.75, 3.05) is 32.5 Å². The molecular weight excluding hydrogens is 475 g/mol. The normalized spacial score (nSPS) is 15.7. The third-order valence-corrected chi connectivity index (χ3v) is 6.00. The first-order valence-corrected chi connectivity index (χ1v) is 11.4. The van der Waals surface area contributed by atoms with Crippen LogP contribution in [0.2, 0.25) is 5.02 Å². The molecular formula is C24H24ClFN6O3. The highest BCUT2D eigenvalue weighted by atomic mass is 35.5. The molecule has 1 unspecified atom stereocenters. The number of halogens is 2. The molecule has 0 aliphatic carbocycles. The molecule has 4 rings (SSSR count). The van der Waals surface area contributed by atoms with Crippen molar-refractivity contribution in [3.63, 3.8) is 0 Å². The molecule has 2 aromatic carbocycles. The first-order chi connectivity index (χ1) is 16.7. The predicted molar refractivity (Wildman–Crippen MR) is 128 cm³/mol. The van der Waals surface area contributed by atoms with Crippen LogP contribution in [-0.2, 0) is 11.3 Å². The number of anilines is 1. The van der Waals surface area contributed by atoms with Gasteiger partial charge in [-0.25, -0.2) is 9.18 Å². The first-order valence-electron chi connectivity index (χ1n) is 11.0.